The number of benzene rings is 2. The number of nitrogens with zero attached hydrogens (tertiary/aromatic N) is 5. The van der Waals surface area contributed by atoms with Gasteiger partial charge in [0.2, 0.25) is 5.91 Å². The van der Waals surface area contributed by atoms with Crippen LogP contribution >= 0.6 is 0 Å². The van der Waals surface area contributed by atoms with Gasteiger partial charge in [-0.15, -0.1) is 0 Å². The first-order chi connectivity index (χ1) is 18.5. The quantitative estimate of drug-likeness (QED) is 0.442. The molecule has 2 unspecified atom stereocenters. The molecule has 0 aliphatic carbocycles. The Morgan fingerprint density at radius 3 is 2.26 bits per heavy atom. The van der Waals surface area contributed by atoms with E-state index in [0.29, 0.717) is 32.7 Å². The number of piperazine rings is 1. The average Bonchev–Trinajstić information content (AvgIpc) is 2.97. The van der Waals surface area contributed by atoms with E-state index in [1.54, 1.807) is 11.1 Å². The molecule has 2 amide bonds. The number of hydrogen-bond donors (Lipinski definition) is 0. The van der Waals surface area contributed by atoms with Crippen LogP contribution in [-0.2, 0) is 16.1 Å². The van der Waals surface area contributed by atoms with Crippen molar-refractivity contribution >= 4 is 12.0 Å². The molecule has 1 aliphatic heterocycles. The first kappa shape index (κ1) is 26.8. The molecule has 8 nitrogen and oxygen atoms in total. The Hall–Kier alpha value is -4.22. The summed E-state index contributed by atoms with van der Waals surface area (Å²) in [7, 11) is 1.36. The third-order valence-electron chi connectivity index (χ3n) is 7.03. The molecule has 38 heavy (non-hydrogen) atoms. The summed E-state index contributed by atoms with van der Waals surface area (Å²) in [6.45, 7) is 4.41. The molecule has 1 fully saturated rings. The Balaban J connectivity index is 1.49. The second-order valence-electron chi connectivity index (χ2n) is 9.34. The van der Waals surface area contributed by atoms with Crippen LogP contribution in [0.15, 0.2) is 79.0 Å². The van der Waals surface area contributed by atoms with Gasteiger partial charge >= 0.3 is 6.09 Å². The molecule has 8 heteroatoms. The zero-order valence-corrected chi connectivity index (χ0v) is 21.9. The van der Waals surface area contributed by atoms with Crippen LogP contribution in [0.25, 0.3) is 0 Å². The Morgan fingerprint density at radius 1 is 1.00 bits per heavy atom. The van der Waals surface area contributed by atoms with Gasteiger partial charge < -0.3 is 9.64 Å². The van der Waals surface area contributed by atoms with Crippen molar-refractivity contribution in [2.24, 2.45) is 0 Å². The highest BCUT2D eigenvalue weighted by Gasteiger charge is 2.32. The van der Waals surface area contributed by atoms with Gasteiger partial charge in [0.15, 0.2) is 0 Å². The maximum atomic E-state index is 13.6. The van der Waals surface area contributed by atoms with E-state index in [4.69, 9.17) is 4.74 Å². The molecule has 4 rings (SSSR count). The number of carbonyl (C=O) groups is 2. The molecule has 196 valence electrons. The Kier molecular flexibility index (Phi) is 9.07. The minimum absolute atomic E-state index is 0.0356. The number of methoxy groups -OCH3 is 1. The van der Waals surface area contributed by atoms with Crippen molar-refractivity contribution in [3.63, 3.8) is 0 Å². The molecular weight excluding hydrogens is 478 g/mol. The first-order valence-electron chi connectivity index (χ1n) is 12.8. The van der Waals surface area contributed by atoms with Crippen molar-refractivity contribution < 1.29 is 14.3 Å². The Bertz CT molecular complexity index is 1250. The number of aromatic nitrogens is 1. The number of rotatable bonds is 8. The fourth-order valence-electron chi connectivity index (χ4n) is 4.94. The SMILES string of the molecule is COC(=O)N(Cc1ccccc1)C(CC(=O)N1CCN(C(C#N)c2cccnc2C)CC1)c1ccccc1. The maximum Gasteiger partial charge on any atom is 0.410 e. The lowest BCUT2D eigenvalue weighted by Gasteiger charge is -2.38. The van der Waals surface area contributed by atoms with Gasteiger partial charge in [-0.3, -0.25) is 19.6 Å². The van der Waals surface area contributed by atoms with Crippen LogP contribution in [0.2, 0.25) is 0 Å². The number of hydrogen-bond acceptors (Lipinski definition) is 6. The van der Waals surface area contributed by atoms with Crippen LogP contribution in [0.4, 0.5) is 4.79 Å². The molecule has 0 N–H and O–H groups in total. The highest BCUT2D eigenvalue weighted by Crippen LogP contribution is 2.29. The molecule has 2 heterocycles. The number of carbonyl (C=O) groups excluding carboxylic acids is 2. The van der Waals surface area contributed by atoms with Gasteiger partial charge in [0.1, 0.15) is 6.04 Å². The monoisotopic (exact) mass is 511 g/mol. The molecule has 1 aromatic heterocycles. The van der Waals surface area contributed by atoms with Gasteiger partial charge in [-0.1, -0.05) is 66.7 Å². The van der Waals surface area contributed by atoms with Crippen LogP contribution in [0, 0.1) is 18.3 Å². The molecule has 3 aromatic rings. The molecule has 2 atom stereocenters. The molecular formula is C30H33N5O3. The van der Waals surface area contributed by atoms with E-state index >= 15 is 0 Å². The molecule has 0 spiro atoms. The average molecular weight is 512 g/mol. The second-order valence-corrected chi connectivity index (χ2v) is 9.34. The van der Waals surface area contributed by atoms with E-state index in [-0.39, 0.29) is 12.3 Å². The summed E-state index contributed by atoms with van der Waals surface area (Å²) in [4.78, 5) is 36.4. The summed E-state index contributed by atoms with van der Waals surface area (Å²) in [5.41, 5.74) is 3.56. The Morgan fingerprint density at radius 2 is 1.66 bits per heavy atom. The number of ether oxygens (including phenoxy) is 1. The maximum absolute atomic E-state index is 13.6. The first-order valence-corrected chi connectivity index (χ1v) is 12.8. The summed E-state index contributed by atoms with van der Waals surface area (Å²) in [5.74, 6) is -0.0356. The van der Waals surface area contributed by atoms with E-state index in [0.717, 1.165) is 22.4 Å². The van der Waals surface area contributed by atoms with Crippen molar-refractivity contribution in [1.29, 1.82) is 5.26 Å². The predicted octanol–water partition coefficient (Wildman–Crippen LogP) is 4.50. The van der Waals surface area contributed by atoms with Crippen molar-refractivity contribution in [2.45, 2.75) is 32.0 Å². The molecule has 2 aromatic carbocycles. The van der Waals surface area contributed by atoms with Gasteiger partial charge in [0.25, 0.3) is 0 Å². The van der Waals surface area contributed by atoms with Gasteiger partial charge in [0.05, 0.1) is 25.6 Å². The van der Waals surface area contributed by atoms with Gasteiger partial charge in [-0.05, 0) is 24.1 Å². The van der Waals surface area contributed by atoms with Crippen molar-refractivity contribution in [3.05, 3.63) is 101 Å². The zero-order valence-electron chi connectivity index (χ0n) is 21.9. The van der Waals surface area contributed by atoms with Crippen LogP contribution in [0.1, 0.15) is 40.9 Å². The van der Waals surface area contributed by atoms with Crippen LogP contribution in [0.5, 0.6) is 0 Å². The third-order valence-corrected chi connectivity index (χ3v) is 7.03. The van der Waals surface area contributed by atoms with E-state index < -0.39 is 18.2 Å². The number of pyridine rings is 1. The summed E-state index contributed by atoms with van der Waals surface area (Å²) < 4.78 is 5.14. The number of aryl methyl sites for hydroxylation is 1. The van der Waals surface area contributed by atoms with E-state index in [2.05, 4.69) is 16.0 Å². The van der Waals surface area contributed by atoms with E-state index in [1.807, 2.05) is 84.6 Å². The summed E-state index contributed by atoms with van der Waals surface area (Å²) in [6, 6.07) is 24.6. The topological polar surface area (TPSA) is 89.8 Å². The number of nitriles is 1. The van der Waals surface area contributed by atoms with Crippen molar-refractivity contribution in [3.8, 4) is 6.07 Å². The summed E-state index contributed by atoms with van der Waals surface area (Å²) in [6.07, 6.45) is 1.38. The normalized spacial score (nSPS) is 15.2. The van der Waals surface area contributed by atoms with E-state index in [9.17, 15) is 14.9 Å². The smallest absolute Gasteiger partial charge is 0.410 e. The van der Waals surface area contributed by atoms with Crippen LogP contribution in [0.3, 0.4) is 0 Å². The predicted molar refractivity (Wildman–Crippen MR) is 144 cm³/mol. The largest absolute Gasteiger partial charge is 0.453 e. The fraction of sp³-hybridized carbons (Fsp3) is 0.333. The molecule has 0 bridgehead atoms. The molecule has 1 saturated heterocycles. The lowest BCUT2D eigenvalue weighted by Crippen LogP contribution is -2.50. The minimum atomic E-state index is -0.487. The van der Waals surface area contributed by atoms with Crippen molar-refractivity contribution in [2.75, 3.05) is 33.3 Å². The molecule has 1 aliphatic rings. The summed E-state index contributed by atoms with van der Waals surface area (Å²) >= 11 is 0. The Labute approximate surface area is 224 Å². The van der Waals surface area contributed by atoms with Gasteiger partial charge in [-0.2, -0.15) is 5.26 Å². The van der Waals surface area contributed by atoms with Gasteiger partial charge in [-0.25, -0.2) is 4.79 Å². The fourth-order valence-corrected chi connectivity index (χ4v) is 4.94. The molecule has 0 saturated carbocycles. The lowest BCUT2D eigenvalue weighted by molar-refractivity contribution is -0.134. The third kappa shape index (κ3) is 6.36. The summed E-state index contributed by atoms with van der Waals surface area (Å²) in [5, 5.41) is 9.88. The zero-order chi connectivity index (χ0) is 26.9. The number of amides is 2. The van der Waals surface area contributed by atoms with Crippen LogP contribution < -0.4 is 0 Å². The molecule has 0 radical (unpaired) electrons. The standard InChI is InChI=1S/C30H33N5O3/c1-23-26(14-9-15-32-23)28(21-31)33-16-18-34(19-17-33)29(36)20-27(25-12-7-4-8-13-25)35(30(37)38-2)22-24-10-5-3-6-11-24/h3-15,27-28H,16-20,22H2,1-2H3. The highest BCUT2D eigenvalue weighted by molar-refractivity contribution is 5.78. The highest BCUT2D eigenvalue weighted by atomic mass is 16.5. The van der Waals surface area contributed by atoms with Gasteiger partial charge in [0, 0.05) is 50.2 Å². The lowest BCUT2D eigenvalue weighted by atomic mass is 10.00. The minimum Gasteiger partial charge on any atom is -0.453 e. The van der Waals surface area contributed by atoms with Crippen molar-refractivity contribution in [1.82, 2.24) is 19.7 Å². The van der Waals surface area contributed by atoms with Crippen LogP contribution in [-0.4, -0.2) is 65.0 Å². The second kappa shape index (κ2) is 12.8. The van der Waals surface area contributed by atoms with E-state index in [1.165, 1.54) is 7.11 Å².